The van der Waals surface area contributed by atoms with Gasteiger partial charge in [-0.2, -0.15) is 0 Å². The second-order valence-electron chi connectivity index (χ2n) is 7.80. The second-order valence-corrected chi connectivity index (χ2v) is 9.71. The first-order chi connectivity index (χ1) is 13.9. The number of benzene rings is 2. The number of amides is 1. The first kappa shape index (κ1) is 21.4. The molecular formula is C23H30N2O3S. The highest BCUT2D eigenvalue weighted by Crippen LogP contribution is 2.23. The smallest absolute Gasteiger partial charge is 0.243 e. The Labute approximate surface area is 174 Å². The van der Waals surface area contributed by atoms with E-state index in [4.69, 9.17) is 0 Å². The van der Waals surface area contributed by atoms with E-state index < -0.39 is 10.0 Å². The Morgan fingerprint density at radius 2 is 1.62 bits per heavy atom. The topological polar surface area (TPSA) is 57.7 Å². The summed E-state index contributed by atoms with van der Waals surface area (Å²) >= 11 is 0. The molecule has 1 heterocycles. The lowest BCUT2D eigenvalue weighted by Gasteiger charge is -2.33. The van der Waals surface area contributed by atoms with Crippen molar-refractivity contribution < 1.29 is 13.2 Å². The van der Waals surface area contributed by atoms with Crippen molar-refractivity contribution in [3.05, 3.63) is 65.7 Å². The molecule has 0 aromatic heterocycles. The average Bonchev–Trinajstić information content (AvgIpc) is 2.72. The van der Waals surface area contributed by atoms with Gasteiger partial charge in [-0.1, -0.05) is 49.4 Å². The van der Waals surface area contributed by atoms with Crippen molar-refractivity contribution in [3.63, 3.8) is 0 Å². The molecule has 6 heteroatoms. The number of carbonyl (C=O) groups is 1. The molecular weight excluding hydrogens is 384 g/mol. The van der Waals surface area contributed by atoms with Crippen molar-refractivity contribution >= 4 is 21.6 Å². The largest absolute Gasteiger partial charge is 0.341 e. The van der Waals surface area contributed by atoms with Crippen LogP contribution in [0, 0.1) is 5.92 Å². The molecule has 0 radical (unpaired) electrons. The van der Waals surface area contributed by atoms with E-state index in [-0.39, 0.29) is 12.5 Å². The van der Waals surface area contributed by atoms with E-state index in [0.29, 0.717) is 24.7 Å². The van der Waals surface area contributed by atoms with E-state index in [1.165, 1.54) is 9.87 Å². The molecule has 1 saturated heterocycles. The number of hydrogen-bond acceptors (Lipinski definition) is 3. The fraction of sp³-hybridized carbons (Fsp3) is 0.435. The molecule has 1 aliphatic heterocycles. The van der Waals surface area contributed by atoms with E-state index in [1.807, 2.05) is 25.1 Å². The molecule has 156 valence electrons. The van der Waals surface area contributed by atoms with Crippen molar-refractivity contribution in [1.82, 2.24) is 4.90 Å². The summed E-state index contributed by atoms with van der Waals surface area (Å²) in [4.78, 5) is 14.6. The Balaban J connectivity index is 1.60. The molecule has 0 saturated carbocycles. The zero-order valence-corrected chi connectivity index (χ0v) is 18.1. The van der Waals surface area contributed by atoms with E-state index in [9.17, 15) is 13.2 Å². The number of anilines is 1. The number of piperidine rings is 1. The van der Waals surface area contributed by atoms with Gasteiger partial charge in [0.2, 0.25) is 15.9 Å². The van der Waals surface area contributed by atoms with Crippen molar-refractivity contribution in [2.75, 3.05) is 30.2 Å². The van der Waals surface area contributed by atoms with Gasteiger partial charge in [0.25, 0.3) is 0 Å². The van der Waals surface area contributed by atoms with Crippen molar-refractivity contribution in [1.29, 1.82) is 0 Å². The molecule has 29 heavy (non-hydrogen) atoms. The van der Waals surface area contributed by atoms with E-state index in [2.05, 4.69) is 24.3 Å². The molecule has 1 fully saturated rings. The van der Waals surface area contributed by atoms with Crippen LogP contribution >= 0.6 is 0 Å². The zero-order valence-electron chi connectivity index (χ0n) is 17.3. The summed E-state index contributed by atoms with van der Waals surface area (Å²) in [5.74, 6) is 0.433. The second kappa shape index (κ2) is 9.44. The van der Waals surface area contributed by atoms with Gasteiger partial charge in [-0.05, 0) is 54.9 Å². The molecule has 0 aliphatic carbocycles. The minimum Gasteiger partial charge on any atom is -0.341 e. The summed E-state index contributed by atoms with van der Waals surface area (Å²) in [6.07, 6.45) is 4.97. The first-order valence-corrected chi connectivity index (χ1v) is 12.1. The van der Waals surface area contributed by atoms with E-state index >= 15 is 0 Å². The third kappa shape index (κ3) is 5.82. The zero-order chi connectivity index (χ0) is 20.9. The van der Waals surface area contributed by atoms with Gasteiger partial charge in [0.1, 0.15) is 6.54 Å². The summed E-state index contributed by atoms with van der Waals surface area (Å²) in [6, 6.07) is 17.8. The highest BCUT2D eigenvalue weighted by atomic mass is 32.2. The number of likely N-dealkylation sites (tertiary alicyclic amines) is 1. The van der Waals surface area contributed by atoms with Gasteiger partial charge in [0, 0.05) is 13.1 Å². The number of carbonyl (C=O) groups excluding carboxylic acids is 1. The predicted molar refractivity (Wildman–Crippen MR) is 117 cm³/mol. The molecule has 5 nitrogen and oxygen atoms in total. The Bertz CT molecular complexity index is 903. The summed E-state index contributed by atoms with van der Waals surface area (Å²) in [7, 11) is -3.54. The van der Waals surface area contributed by atoms with E-state index in [0.717, 1.165) is 37.5 Å². The molecule has 1 amide bonds. The lowest BCUT2D eigenvalue weighted by molar-refractivity contribution is -0.130. The van der Waals surface area contributed by atoms with Gasteiger partial charge < -0.3 is 4.90 Å². The van der Waals surface area contributed by atoms with E-state index in [1.54, 1.807) is 17.0 Å². The summed E-state index contributed by atoms with van der Waals surface area (Å²) in [6.45, 7) is 3.27. The Hall–Kier alpha value is -2.34. The number of nitrogens with zero attached hydrogens (tertiary/aromatic N) is 2. The molecule has 2 aromatic carbocycles. The molecule has 0 N–H and O–H groups in total. The van der Waals surface area contributed by atoms with Crippen LogP contribution in [0.4, 0.5) is 5.69 Å². The summed E-state index contributed by atoms with van der Waals surface area (Å²) in [5, 5.41) is 0. The highest BCUT2D eigenvalue weighted by molar-refractivity contribution is 7.92. The van der Waals surface area contributed by atoms with Crippen LogP contribution in [0.25, 0.3) is 0 Å². The Morgan fingerprint density at radius 3 is 2.17 bits per heavy atom. The monoisotopic (exact) mass is 414 g/mol. The van der Waals surface area contributed by atoms with Gasteiger partial charge in [-0.3, -0.25) is 9.10 Å². The lowest BCUT2D eigenvalue weighted by Crippen LogP contribution is -2.45. The van der Waals surface area contributed by atoms with Crippen LogP contribution in [-0.4, -0.2) is 45.1 Å². The number of hydrogen-bond donors (Lipinski definition) is 0. The molecule has 0 spiro atoms. The third-order valence-corrected chi connectivity index (χ3v) is 6.79. The van der Waals surface area contributed by atoms with Crippen molar-refractivity contribution in [2.45, 2.75) is 32.6 Å². The van der Waals surface area contributed by atoms with Gasteiger partial charge >= 0.3 is 0 Å². The molecule has 2 aromatic rings. The number of sulfonamides is 1. The standard InChI is InChI=1S/C23H30N2O3S/c1-3-19-9-11-22(12-10-19)25(29(2,27)28)18-23(26)24-15-13-21(14-16-24)17-20-7-5-4-6-8-20/h4-12,21H,3,13-18H2,1-2H3. The fourth-order valence-electron chi connectivity index (χ4n) is 3.85. The van der Waals surface area contributed by atoms with Gasteiger partial charge in [0.15, 0.2) is 0 Å². The quantitative estimate of drug-likeness (QED) is 0.697. The maximum Gasteiger partial charge on any atom is 0.243 e. The van der Waals surface area contributed by atoms with Crippen molar-refractivity contribution in [3.8, 4) is 0 Å². The Morgan fingerprint density at radius 1 is 1.00 bits per heavy atom. The minimum absolute atomic E-state index is 0.131. The fourth-order valence-corrected chi connectivity index (χ4v) is 4.70. The molecule has 1 aliphatic rings. The number of aryl methyl sites for hydroxylation is 1. The maximum atomic E-state index is 12.8. The minimum atomic E-state index is -3.54. The molecule has 0 bridgehead atoms. The van der Waals surface area contributed by atoms with Gasteiger partial charge in [0.05, 0.1) is 11.9 Å². The van der Waals surface area contributed by atoms with Gasteiger partial charge in [-0.15, -0.1) is 0 Å². The predicted octanol–water partition coefficient (Wildman–Crippen LogP) is 3.50. The summed E-state index contributed by atoms with van der Waals surface area (Å²) < 4.78 is 25.8. The van der Waals surface area contributed by atoms with Gasteiger partial charge in [-0.25, -0.2) is 8.42 Å². The highest BCUT2D eigenvalue weighted by Gasteiger charge is 2.27. The normalized spacial score (nSPS) is 15.3. The number of rotatable bonds is 7. The summed E-state index contributed by atoms with van der Waals surface area (Å²) in [5.41, 5.74) is 3.00. The van der Waals surface area contributed by atoms with Crippen LogP contribution < -0.4 is 4.31 Å². The van der Waals surface area contributed by atoms with Crippen LogP contribution in [0.3, 0.4) is 0 Å². The molecule has 0 unspecified atom stereocenters. The van der Waals surface area contributed by atoms with Crippen LogP contribution in [0.2, 0.25) is 0 Å². The average molecular weight is 415 g/mol. The van der Waals surface area contributed by atoms with Crippen LogP contribution in [-0.2, 0) is 27.7 Å². The van der Waals surface area contributed by atoms with Crippen LogP contribution in [0.15, 0.2) is 54.6 Å². The molecule has 3 rings (SSSR count). The first-order valence-electron chi connectivity index (χ1n) is 10.2. The third-order valence-electron chi connectivity index (χ3n) is 5.65. The maximum absolute atomic E-state index is 12.8. The van der Waals surface area contributed by atoms with Crippen molar-refractivity contribution in [2.24, 2.45) is 5.92 Å². The Kier molecular flexibility index (Phi) is 6.96. The molecule has 0 atom stereocenters. The van der Waals surface area contributed by atoms with Crippen LogP contribution in [0.1, 0.15) is 30.9 Å². The SMILES string of the molecule is CCc1ccc(N(CC(=O)N2CCC(Cc3ccccc3)CC2)S(C)(=O)=O)cc1. The lowest BCUT2D eigenvalue weighted by atomic mass is 9.90. The van der Waals surface area contributed by atoms with Crippen LogP contribution in [0.5, 0.6) is 0 Å².